The van der Waals surface area contributed by atoms with Crippen LogP contribution in [0.4, 0.5) is 20.4 Å². The molecule has 2 N–H and O–H groups in total. The average molecular weight is 337 g/mol. The number of nitrogens with zero attached hydrogens (tertiary/aromatic N) is 3. The highest BCUT2D eigenvalue weighted by Gasteiger charge is 2.19. The SMILES string of the molecule is Nc1nc(-c2ccc(F)c(Cl)c2)c2cc([N+](=O)[O-])c(F)cc2n1. The number of halogens is 3. The first-order valence-corrected chi connectivity index (χ1v) is 6.61. The highest BCUT2D eigenvalue weighted by molar-refractivity contribution is 6.31. The molecule has 1 heterocycles. The number of fused-ring (bicyclic) bond motifs is 1. The number of hydrogen-bond acceptors (Lipinski definition) is 5. The van der Waals surface area contributed by atoms with Gasteiger partial charge in [0.2, 0.25) is 11.8 Å². The third kappa shape index (κ3) is 2.64. The van der Waals surface area contributed by atoms with Gasteiger partial charge in [-0.3, -0.25) is 10.1 Å². The standard InChI is InChI=1S/C14H7ClF2N4O2/c15-8-3-6(1-2-9(8)16)13-7-4-12(21(22)23)10(17)5-11(7)19-14(18)20-13/h1-5H,(H2,18,19,20). The van der Waals surface area contributed by atoms with Gasteiger partial charge < -0.3 is 5.73 Å². The topological polar surface area (TPSA) is 94.9 Å². The molecule has 0 fully saturated rings. The van der Waals surface area contributed by atoms with Gasteiger partial charge in [0.25, 0.3) is 0 Å². The van der Waals surface area contributed by atoms with Crippen molar-refractivity contribution in [2.24, 2.45) is 0 Å². The minimum atomic E-state index is -1.04. The average Bonchev–Trinajstić information content (AvgIpc) is 2.48. The number of rotatable bonds is 2. The van der Waals surface area contributed by atoms with E-state index in [-0.39, 0.29) is 27.6 Å². The zero-order valence-corrected chi connectivity index (χ0v) is 12.0. The number of nitro groups is 1. The van der Waals surface area contributed by atoms with Gasteiger partial charge in [-0.2, -0.15) is 4.39 Å². The lowest BCUT2D eigenvalue weighted by Gasteiger charge is -2.08. The molecule has 0 spiro atoms. The van der Waals surface area contributed by atoms with E-state index in [0.29, 0.717) is 5.56 Å². The van der Waals surface area contributed by atoms with E-state index in [0.717, 1.165) is 18.2 Å². The van der Waals surface area contributed by atoms with E-state index in [4.69, 9.17) is 17.3 Å². The van der Waals surface area contributed by atoms with Gasteiger partial charge in [0, 0.05) is 23.1 Å². The zero-order chi connectivity index (χ0) is 16.7. The van der Waals surface area contributed by atoms with Crippen molar-refractivity contribution in [3.8, 4) is 11.3 Å². The second kappa shape index (κ2) is 5.40. The van der Waals surface area contributed by atoms with Crippen molar-refractivity contribution in [2.75, 3.05) is 5.73 Å². The van der Waals surface area contributed by atoms with Crippen LogP contribution in [0.5, 0.6) is 0 Å². The summed E-state index contributed by atoms with van der Waals surface area (Å²) in [5.74, 6) is -1.82. The van der Waals surface area contributed by atoms with E-state index < -0.39 is 22.2 Å². The summed E-state index contributed by atoms with van der Waals surface area (Å²) in [6.45, 7) is 0. The number of nitrogens with two attached hydrogens (primary N) is 1. The summed E-state index contributed by atoms with van der Waals surface area (Å²) >= 11 is 5.74. The van der Waals surface area contributed by atoms with Crippen molar-refractivity contribution in [1.82, 2.24) is 9.97 Å². The third-order valence-corrected chi connectivity index (χ3v) is 3.46. The predicted octanol–water partition coefficient (Wildman–Crippen LogP) is 3.72. The van der Waals surface area contributed by atoms with Crippen LogP contribution in [0.1, 0.15) is 0 Å². The Balaban J connectivity index is 2.36. The molecule has 0 amide bonds. The molecule has 0 aliphatic carbocycles. The Kier molecular flexibility index (Phi) is 3.53. The van der Waals surface area contributed by atoms with Crippen LogP contribution in [0, 0.1) is 21.7 Å². The van der Waals surface area contributed by atoms with Crippen molar-refractivity contribution < 1.29 is 13.7 Å². The fourth-order valence-electron chi connectivity index (χ4n) is 2.16. The van der Waals surface area contributed by atoms with Crippen LogP contribution in [0.15, 0.2) is 30.3 Å². The van der Waals surface area contributed by atoms with Crippen LogP contribution in [0.25, 0.3) is 22.2 Å². The Labute approximate surface area is 132 Å². The van der Waals surface area contributed by atoms with E-state index in [1.807, 2.05) is 0 Å². The molecule has 0 saturated carbocycles. The van der Waals surface area contributed by atoms with Crippen LogP contribution < -0.4 is 5.73 Å². The fourth-order valence-corrected chi connectivity index (χ4v) is 2.34. The maximum atomic E-state index is 13.7. The highest BCUT2D eigenvalue weighted by Crippen LogP contribution is 2.32. The smallest absolute Gasteiger partial charge is 0.305 e. The Morgan fingerprint density at radius 2 is 1.87 bits per heavy atom. The van der Waals surface area contributed by atoms with E-state index in [9.17, 15) is 18.9 Å². The lowest BCUT2D eigenvalue weighted by Crippen LogP contribution is -2.00. The third-order valence-electron chi connectivity index (χ3n) is 3.17. The second-order valence-electron chi connectivity index (χ2n) is 4.64. The molecule has 3 aromatic rings. The molecule has 0 aliphatic heterocycles. The summed E-state index contributed by atoms with van der Waals surface area (Å²) in [6.07, 6.45) is 0. The zero-order valence-electron chi connectivity index (χ0n) is 11.3. The number of aromatic nitrogens is 2. The molecule has 0 bridgehead atoms. The van der Waals surface area contributed by atoms with Gasteiger partial charge in [-0.25, -0.2) is 14.4 Å². The number of nitro benzene ring substituents is 1. The van der Waals surface area contributed by atoms with Gasteiger partial charge in [-0.05, 0) is 18.2 Å². The Morgan fingerprint density at radius 1 is 1.13 bits per heavy atom. The quantitative estimate of drug-likeness (QED) is 0.568. The van der Waals surface area contributed by atoms with E-state index >= 15 is 0 Å². The lowest BCUT2D eigenvalue weighted by atomic mass is 10.1. The minimum absolute atomic E-state index is 0.0936. The molecule has 3 rings (SSSR count). The van der Waals surface area contributed by atoms with E-state index in [1.54, 1.807) is 0 Å². The molecule has 116 valence electrons. The first-order valence-electron chi connectivity index (χ1n) is 6.23. The molecule has 6 nitrogen and oxygen atoms in total. The molecule has 0 unspecified atom stereocenters. The largest absolute Gasteiger partial charge is 0.368 e. The van der Waals surface area contributed by atoms with Gasteiger partial charge in [-0.1, -0.05) is 11.6 Å². The summed E-state index contributed by atoms with van der Waals surface area (Å²) in [5.41, 5.74) is 5.53. The first-order chi connectivity index (χ1) is 10.9. The Morgan fingerprint density at radius 3 is 2.52 bits per heavy atom. The van der Waals surface area contributed by atoms with Gasteiger partial charge in [-0.15, -0.1) is 0 Å². The van der Waals surface area contributed by atoms with E-state index in [1.165, 1.54) is 12.1 Å². The first kappa shape index (κ1) is 15.0. The number of benzene rings is 2. The molecule has 23 heavy (non-hydrogen) atoms. The second-order valence-corrected chi connectivity index (χ2v) is 5.04. The summed E-state index contributed by atoms with van der Waals surface area (Å²) in [4.78, 5) is 17.9. The lowest BCUT2D eigenvalue weighted by molar-refractivity contribution is -0.387. The van der Waals surface area contributed by atoms with Crippen LogP contribution >= 0.6 is 11.6 Å². The molecule has 0 radical (unpaired) electrons. The van der Waals surface area contributed by atoms with Crippen LogP contribution in [0.3, 0.4) is 0 Å². The van der Waals surface area contributed by atoms with Gasteiger partial charge >= 0.3 is 5.69 Å². The molecule has 2 aromatic carbocycles. The number of hydrogen-bond donors (Lipinski definition) is 1. The number of nitrogen functional groups attached to an aromatic ring is 1. The summed E-state index contributed by atoms with van der Waals surface area (Å²) in [5, 5.41) is 11.0. The Bertz CT molecular complexity index is 965. The van der Waals surface area contributed by atoms with Crippen molar-refractivity contribution >= 4 is 34.1 Å². The molecular weight excluding hydrogens is 330 g/mol. The van der Waals surface area contributed by atoms with E-state index in [2.05, 4.69) is 9.97 Å². The van der Waals surface area contributed by atoms with Crippen LogP contribution in [-0.4, -0.2) is 14.9 Å². The normalized spacial score (nSPS) is 10.9. The summed E-state index contributed by atoms with van der Waals surface area (Å²) in [6, 6.07) is 5.72. The highest BCUT2D eigenvalue weighted by atomic mass is 35.5. The predicted molar refractivity (Wildman–Crippen MR) is 81.0 cm³/mol. The van der Waals surface area contributed by atoms with Gasteiger partial charge in [0.05, 0.1) is 21.2 Å². The minimum Gasteiger partial charge on any atom is -0.368 e. The molecule has 0 atom stereocenters. The molecule has 9 heteroatoms. The molecule has 0 aliphatic rings. The van der Waals surface area contributed by atoms with Gasteiger partial charge in [0.15, 0.2) is 0 Å². The number of anilines is 1. The van der Waals surface area contributed by atoms with Crippen LogP contribution in [-0.2, 0) is 0 Å². The van der Waals surface area contributed by atoms with Crippen molar-refractivity contribution in [3.63, 3.8) is 0 Å². The van der Waals surface area contributed by atoms with Crippen molar-refractivity contribution in [3.05, 3.63) is 57.1 Å². The fraction of sp³-hybridized carbons (Fsp3) is 0. The summed E-state index contributed by atoms with van der Waals surface area (Å²) < 4.78 is 27.0. The van der Waals surface area contributed by atoms with Crippen molar-refractivity contribution in [1.29, 1.82) is 0 Å². The van der Waals surface area contributed by atoms with Gasteiger partial charge in [0.1, 0.15) is 5.82 Å². The monoisotopic (exact) mass is 336 g/mol. The summed E-state index contributed by atoms with van der Waals surface area (Å²) in [7, 11) is 0. The molecule has 1 aromatic heterocycles. The maximum absolute atomic E-state index is 13.7. The molecule has 0 saturated heterocycles. The van der Waals surface area contributed by atoms with Crippen LogP contribution in [0.2, 0.25) is 5.02 Å². The Hall–Kier alpha value is -2.87. The molecular formula is C14H7ClF2N4O2. The van der Waals surface area contributed by atoms with Crippen molar-refractivity contribution in [2.45, 2.75) is 0 Å². The maximum Gasteiger partial charge on any atom is 0.305 e.